The third kappa shape index (κ3) is 4.20. The number of benzene rings is 7. The van der Waals surface area contributed by atoms with Gasteiger partial charge in [-0.15, -0.1) is 0 Å². The van der Waals surface area contributed by atoms with E-state index < -0.39 is 48.3 Å². The van der Waals surface area contributed by atoms with Crippen LogP contribution in [0.15, 0.2) is 168 Å². The molecule has 0 N–H and O–H groups in total. The maximum atomic E-state index is 9.08. The van der Waals surface area contributed by atoms with Crippen LogP contribution in [-0.2, 0) is 0 Å². The number of nitrogens with zero attached hydrogens (tertiary/aromatic N) is 5. The minimum absolute atomic E-state index is 0.0436. The molecular formula is C45H27N5O. The minimum Gasteiger partial charge on any atom is -0.456 e. The molecule has 6 nitrogen and oxygen atoms in total. The zero-order valence-electron chi connectivity index (χ0n) is 40.1. The first-order valence-electron chi connectivity index (χ1n) is 22.9. The SMILES string of the molecule is [2H]c1cc([2H])c2c(c1[2H])c1c([2H])c([2H])cc([2H])c1n2-c1ccc(-c2nc(-c3ccc4c(c3)oc3ccccc34)nc(-n3c4c([2H])c([2H])c([2H])c([2H])c4c4c([2H])c([2H])c([2H])c([2H])c43)n2)cc1. The molecule has 4 aromatic heterocycles. The molecule has 11 rings (SSSR count). The van der Waals surface area contributed by atoms with Crippen LogP contribution < -0.4 is 0 Å². The Balaban J connectivity index is 1.20. The molecule has 0 aliphatic rings. The van der Waals surface area contributed by atoms with Gasteiger partial charge < -0.3 is 8.98 Å². The number of hydrogen-bond acceptors (Lipinski definition) is 4. The number of furan rings is 1. The first kappa shape index (κ1) is 17.6. The van der Waals surface area contributed by atoms with Crippen molar-refractivity contribution in [3.63, 3.8) is 0 Å². The predicted molar refractivity (Wildman–Crippen MR) is 207 cm³/mol. The van der Waals surface area contributed by atoms with Gasteiger partial charge in [-0.25, -0.2) is 4.98 Å². The highest BCUT2D eigenvalue weighted by Crippen LogP contribution is 2.36. The minimum atomic E-state index is -0.605. The van der Waals surface area contributed by atoms with E-state index in [9.17, 15) is 0 Å². The Morgan fingerprint density at radius 1 is 0.431 bits per heavy atom. The van der Waals surface area contributed by atoms with Crippen LogP contribution in [0.5, 0.6) is 0 Å². The van der Waals surface area contributed by atoms with Crippen molar-refractivity contribution in [3.8, 4) is 34.4 Å². The second kappa shape index (κ2) is 10.7. The van der Waals surface area contributed by atoms with Crippen LogP contribution in [0.2, 0.25) is 0 Å². The van der Waals surface area contributed by atoms with Gasteiger partial charge in [0.15, 0.2) is 11.6 Å². The number of para-hydroxylation sites is 5. The predicted octanol–water partition coefficient (Wildman–Crippen LogP) is 11.3. The highest BCUT2D eigenvalue weighted by molar-refractivity contribution is 6.10. The van der Waals surface area contributed by atoms with Gasteiger partial charge in [0.2, 0.25) is 5.95 Å². The summed E-state index contributed by atoms with van der Waals surface area (Å²) in [6.07, 6.45) is 0. The maximum absolute atomic E-state index is 9.08. The highest BCUT2D eigenvalue weighted by Gasteiger charge is 2.19. The van der Waals surface area contributed by atoms with Gasteiger partial charge in [-0.05, 0) is 66.6 Å². The van der Waals surface area contributed by atoms with Crippen molar-refractivity contribution in [1.82, 2.24) is 24.1 Å². The summed E-state index contributed by atoms with van der Waals surface area (Å²) in [5.41, 5.74) is 2.41. The lowest BCUT2D eigenvalue weighted by Gasteiger charge is -2.12. The summed E-state index contributed by atoms with van der Waals surface area (Å²) in [7, 11) is 0. The monoisotopic (exact) mass is 667 g/mol. The Kier molecular flexibility index (Phi) is 3.69. The van der Waals surface area contributed by atoms with E-state index in [1.54, 1.807) is 41.0 Å². The molecule has 0 fully saturated rings. The van der Waals surface area contributed by atoms with Gasteiger partial charge in [0.25, 0.3) is 0 Å². The third-order valence-electron chi connectivity index (χ3n) is 9.00. The van der Waals surface area contributed by atoms with Gasteiger partial charge in [0, 0.05) is 49.1 Å². The maximum Gasteiger partial charge on any atom is 0.238 e. The highest BCUT2D eigenvalue weighted by atomic mass is 16.3. The zero-order chi connectivity index (χ0) is 45.7. The Bertz CT molecular complexity index is 3810. The summed E-state index contributed by atoms with van der Waals surface area (Å²) in [6.45, 7) is 0. The van der Waals surface area contributed by atoms with E-state index in [-0.39, 0.29) is 97.5 Å². The van der Waals surface area contributed by atoms with Crippen molar-refractivity contribution in [3.05, 3.63) is 163 Å². The number of aromatic nitrogens is 5. The molecule has 6 heteroatoms. The van der Waals surface area contributed by atoms with Crippen LogP contribution in [0.1, 0.15) is 19.2 Å². The van der Waals surface area contributed by atoms with Crippen molar-refractivity contribution in [2.75, 3.05) is 0 Å². The lowest BCUT2D eigenvalue weighted by molar-refractivity contribution is 0.669. The summed E-state index contributed by atoms with van der Waals surface area (Å²) in [5, 5.41) is 1.62. The summed E-state index contributed by atoms with van der Waals surface area (Å²) >= 11 is 0. The van der Waals surface area contributed by atoms with E-state index in [4.69, 9.17) is 38.6 Å². The fourth-order valence-corrected chi connectivity index (χ4v) is 6.74. The molecule has 0 saturated heterocycles. The Morgan fingerprint density at radius 2 is 0.980 bits per heavy atom. The van der Waals surface area contributed by atoms with Crippen molar-refractivity contribution in [2.24, 2.45) is 0 Å². The Hall–Kier alpha value is -7.05. The second-order valence-electron chi connectivity index (χ2n) is 11.8. The summed E-state index contributed by atoms with van der Waals surface area (Å²) in [6, 6.07) is 16.2. The zero-order valence-corrected chi connectivity index (χ0v) is 26.1. The average Bonchev–Trinajstić information content (AvgIpc) is 3.99. The van der Waals surface area contributed by atoms with Crippen LogP contribution >= 0.6 is 0 Å². The van der Waals surface area contributed by atoms with Crippen molar-refractivity contribution in [1.29, 1.82) is 0 Å². The van der Waals surface area contributed by atoms with E-state index in [0.717, 1.165) is 10.8 Å². The lowest BCUT2D eigenvalue weighted by atomic mass is 10.1. The van der Waals surface area contributed by atoms with Crippen molar-refractivity contribution in [2.45, 2.75) is 0 Å². The molecule has 4 heterocycles. The van der Waals surface area contributed by atoms with Crippen molar-refractivity contribution < 1.29 is 23.6 Å². The van der Waals surface area contributed by atoms with Crippen molar-refractivity contribution >= 4 is 65.6 Å². The van der Waals surface area contributed by atoms with Crippen LogP contribution in [0, 0.1) is 0 Å². The Morgan fingerprint density at radius 3 is 1.67 bits per heavy atom. The fraction of sp³-hybridized carbons (Fsp3) is 0. The molecule has 0 unspecified atom stereocenters. The molecule has 7 aromatic carbocycles. The molecule has 0 aliphatic heterocycles. The van der Waals surface area contributed by atoms with Crippen LogP contribution in [0.4, 0.5) is 0 Å². The first-order chi connectivity index (χ1) is 31.1. The molecule has 238 valence electrons. The summed E-state index contributed by atoms with van der Waals surface area (Å²) in [5.74, 6) is -0.101. The summed E-state index contributed by atoms with van der Waals surface area (Å²) in [4.78, 5) is 14.5. The van der Waals surface area contributed by atoms with Gasteiger partial charge >= 0.3 is 0 Å². The van der Waals surface area contributed by atoms with Gasteiger partial charge in [0.1, 0.15) is 11.2 Å². The third-order valence-corrected chi connectivity index (χ3v) is 9.00. The molecular weight excluding hydrogens is 627 g/mol. The number of hydrogen-bond donors (Lipinski definition) is 0. The fourth-order valence-electron chi connectivity index (χ4n) is 6.74. The van der Waals surface area contributed by atoms with Gasteiger partial charge in [-0.1, -0.05) is 96.8 Å². The number of rotatable bonds is 4. The largest absolute Gasteiger partial charge is 0.456 e. The number of fused-ring (bicyclic) bond motifs is 9. The van der Waals surface area contributed by atoms with E-state index >= 15 is 0 Å². The van der Waals surface area contributed by atoms with Gasteiger partial charge in [-0.2, -0.15) is 9.97 Å². The van der Waals surface area contributed by atoms with Gasteiger partial charge in [-0.3, -0.25) is 4.57 Å². The van der Waals surface area contributed by atoms with E-state index in [1.165, 1.54) is 16.7 Å². The normalized spacial score (nSPS) is 15.8. The molecule has 0 saturated carbocycles. The molecule has 0 spiro atoms. The van der Waals surface area contributed by atoms with E-state index in [0.29, 0.717) is 28.0 Å². The topological polar surface area (TPSA) is 61.7 Å². The van der Waals surface area contributed by atoms with Crippen LogP contribution in [0.25, 0.3) is 100.0 Å². The molecule has 0 radical (unpaired) electrons. The molecule has 0 aliphatic carbocycles. The molecule has 11 aromatic rings. The van der Waals surface area contributed by atoms with Gasteiger partial charge in [0.05, 0.1) is 41.3 Å². The van der Waals surface area contributed by atoms with E-state index in [2.05, 4.69) is 0 Å². The van der Waals surface area contributed by atoms with Crippen LogP contribution in [-0.4, -0.2) is 24.1 Å². The standard InChI is InChI=1S/C45H27N5O/c1-6-16-37-31(11-1)32-12-2-7-17-38(32)49(37)30-24-21-28(22-25-30)43-46-44(29-23-26-36-35-15-5-10-20-41(35)51-42(36)27-29)48-45(47-43)50-39-18-8-3-13-33(39)34-14-4-9-19-40(34)50/h1-27H/i1D,2D,3D,4D,8D,9D,11D,12D,13D,14D,16D,17D,18D,19D. The Labute approximate surface area is 311 Å². The molecule has 0 amide bonds. The smallest absolute Gasteiger partial charge is 0.238 e. The first-order valence-corrected chi connectivity index (χ1v) is 15.9. The molecule has 51 heavy (non-hydrogen) atoms. The second-order valence-corrected chi connectivity index (χ2v) is 11.8. The lowest BCUT2D eigenvalue weighted by Crippen LogP contribution is -2.06. The molecule has 0 bridgehead atoms. The average molecular weight is 668 g/mol. The van der Waals surface area contributed by atoms with Crippen LogP contribution in [0.3, 0.4) is 0 Å². The van der Waals surface area contributed by atoms with E-state index in [1.807, 2.05) is 30.3 Å². The summed E-state index contributed by atoms with van der Waals surface area (Å²) < 4.78 is 131. The quantitative estimate of drug-likeness (QED) is 0.187. The molecule has 0 atom stereocenters.